The van der Waals surface area contributed by atoms with E-state index in [2.05, 4.69) is 22.5 Å². The highest BCUT2D eigenvalue weighted by Crippen LogP contribution is 2.37. The van der Waals surface area contributed by atoms with Crippen LogP contribution in [-0.4, -0.2) is 47.4 Å². The third kappa shape index (κ3) is 4.43. The highest BCUT2D eigenvalue weighted by Gasteiger charge is 2.34. The van der Waals surface area contributed by atoms with E-state index in [4.69, 9.17) is 14.6 Å². The molecule has 0 atom stereocenters. The molecular formula is C16H14BrNO6S. The van der Waals surface area contributed by atoms with Crippen molar-refractivity contribution in [2.75, 3.05) is 20.3 Å². The smallest absolute Gasteiger partial charge is 0.341 e. The summed E-state index contributed by atoms with van der Waals surface area (Å²) in [6, 6.07) is 3.13. The van der Waals surface area contributed by atoms with Gasteiger partial charge in [0.1, 0.15) is 0 Å². The maximum absolute atomic E-state index is 12.3. The predicted octanol–water partition coefficient (Wildman–Crippen LogP) is 3.14. The summed E-state index contributed by atoms with van der Waals surface area (Å²) >= 11 is 4.18. The second kappa shape index (κ2) is 8.21. The number of nitrogens with zero attached hydrogens (tertiary/aromatic N) is 1. The van der Waals surface area contributed by atoms with Gasteiger partial charge in [-0.15, -0.1) is 6.58 Å². The van der Waals surface area contributed by atoms with Crippen molar-refractivity contribution in [2.24, 2.45) is 0 Å². The Labute approximate surface area is 156 Å². The number of imide groups is 1. The lowest BCUT2D eigenvalue weighted by Gasteiger charge is -2.12. The number of halogens is 1. The molecule has 0 saturated carbocycles. The van der Waals surface area contributed by atoms with Crippen LogP contribution in [0.5, 0.6) is 11.5 Å². The number of carbonyl (C=O) groups excluding carboxylic acids is 2. The average molecular weight is 428 g/mol. The standard InChI is InChI=1S/C16H14BrNO6S/c1-3-4-18-15(21)13(25-16(18)22)6-9-5-11(23-2)12(7-10(9)17)24-8-14(19)20/h3,5-7H,1,4,8H2,2H3,(H,19,20)/b13-6+. The second-order valence-corrected chi connectivity index (χ2v) is 6.64. The van der Waals surface area contributed by atoms with Crippen LogP contribution in [0.2, 0.25) is 0 Å². The number of aliphatic carboxylic acids is 1. The second-order valence-electron chi connectivity index (χ2n) is 4.79. The summed E-state index contributed by atoms with van der Waals surface area (Å²) in [5, 5.41) is 8.34. The zero-order valence-electron chi connectivity index (χ0n) is 13.2. The fourth-order valence-electron chi connectivity index (χ4n) is 2.00. The molecular weight excluding hydrogens is 414 g/mol. The summed E-state index contributed by atoms with van der Waals surface area (Å²) in [6.07, 6.45) is 3.04. The largest absolute Gasteiger partial charge is 0.493 e. The number of thioether (sulfide) groups is 1. The van der Waals surface area contributed by atoms with Crippen LogP contribution in [-0.2, 0) is 9.59 Å². The maximum Gasteiger partial charge on any atom is 0.341 e. The van der Waals surface area contributed by atoms with Crippen molar-refractivity contribution < 1.29 is 29.0 Å². The molecule has 1 aromatic carbocycles. The van der Waals surface area contributed by atoms with Crippen LogP contribution in [0.1, 0.15) is 5.56 Å². The number of carboxylic acids is 1. The molecule has 0 bridgehead atoms. The third-order valence-electron chi connectivity index (χ3n) is 3.11. The van der Waals surface area contributed by atoms with Crippen molar-refractivity contribution in [3.8, 4) is 11.5 Å². The Morgan fingerprint density at radius 3 is 2.72 bits per heavy atom. The number of hydrogen-bond donors (Lipinski definition) is 1. The van der Waals surface area contributed by atoms with Crippen molar-refractivity contribution in [2.45, 2.75) is 0 Å². The van der Waals surface area contributed by atoms with Gasteiger partial charge in [-0.25, -0.2) is 4.79 Å². The minimum Gasteiger partial charge on any atom is -0.493 e. The molecule has 0 aliphatic carbocycles. The predicted molar refractivity (Wildman–Crippen MR) is 96.7 cm³/mol. The first kappa shape index (κ1) is 19.1. The van der Waals surface area contributed by atoms with E-state index < -0.39 is 18.5 Å². The Balaban J connectivity index is 2.34. The van der Waals surface area contributed by atoms with Gasteiger partial charge < -0.3 is 14.6 Å². The lowest BCUT2D eigenvalue weighted by Crippen LogP contribution is -2.27. The molecule has 2 rings (SSSR count). The highest BCUT2D eigenvalue weighted by molar-refractivity contribution is 9.10. The van der Waals surface area contributed by atoms with Crippen LogP contribution in [0.25, 0.3) is 6.08 Å². The topological polar surface area (TPSA) is 93.1 Å². The van der Waals surface area contributed by atoms with Crippen LogP contribution >= 0.6 is 27.7 Å². The number of carbonyl (C=O) groups is 3. The third-order valence-corrected chi connectivity index (χ3v) is 4.70. The molecule has 0 radical (unpaired) electrons. The van der Waals surface area contributed by atoms with E-state index in [9.17, 15) is 14.4 Å². The molecule has 9 heteroatoms. The van der Waals surface area contributed by atoms with E-state index in [1.807, 2.05) is 0 Å². The van der Waals surface area contributed by atoms with Crippen molar-refractivity contribution >= 4 is 50.9 Å². The van der Waals surface area contributed by atoms with Crippen LogP contribution in [0.3, 0.4) is 0 Å². The van der Waals surface area contributed by atoms with Crippen LogP contribution in [0, 0.1) is 0 Å². The van der Waals surface area contributed by atoms with E-state index >= 15 is 0 Å². The molecule has 1 saturated heterocycles. The van der Waals surface area contributed by atoms with Gasteiger partial charge >= 0.3 is 5.97 Å². The Morgan fingerprint density at radius 1 is 1.40 bits per heavy atom. The van der Waals surface area contributed by atoms with Gasteiger partial charge in [-0.1, -0.05) is 22.0 Å². The van der Waals surface area contributed by atoms with Crippen molar-refractivity contribution in [1.29, 1.82) is 0 Å². The quantitative estimate of drug-likeness (QED) is 0.527. The van der Waals surface area contributed by atoms with Crippen LogP contribution < -0.4 is 9.47 Å². The van der Waals surface area contributed by atoms with E-state index in [1.54, 1.807) is 18.2 Å². The summed E-state index contributed by atoms with van der Waals surface area (Å²) in [4.78, 5) is 36.1. The van der Waals surface area contributed by atoms with E-state index in [1.165, 1.54) is 13.2 Å². The van der Waals surface area contributed by atoms with Crippen molar-refractivity contribution in [3.05, 3.63) is 39.7 Å². The minimum atomic E-state index is -1.11. The molecule has 1 N–H and O–H groups in total. The summed E-state index contributed by atoms with van der Waals surface area (Å²) < 4.78 is 10.9. The minimum absolute atomic E-state index is 0.147. The summed E-state index contributed by atoms with van der Waals surface area (Å²) in [6.45, 7) is 3.16. The fourth-order valence-corrected chi connectivity index (χ4v) is 3.28. The first-order valence-corrected chi connectivity index (χ1v) is 8.56. The number of rotatable bonds is 7. The number of amides is 2. The Hall–Kier alpha value is -2.26. The summed E-state index contributed by atoms with van der Waals surface area (Å²) in [5.41, 5.74) is 0.587. The first-order chi connectivity index (χ1) is 11.9. The van der Waals surface area contributed by atoms with Gasteiger partial charge in [-0.3, -0.25) is 14.5 Å². The highest BCUT2D eigenvalue weighted by atomic mass is 79.9. The molecule has 0 aromatic heterocycles. The molecule has 1 aromatic rings. The lowest BCUT2D eigenvalue weighted by atomic mass is 10.2. The van der Waals surface area contributed by atoms with Gasteiger partial charge in [0.15, 0.2) is 18.1 Å². The van der Waals surface area contributed by atoms with Crippen LogP contribution in [0.4, 0.5) is 4.79 Å². The van der Waals surface area contributed by atoms with Gasteiger partial charge in [0, 0.05) is 11.0 Å². The number of carboxylic acid groups (broad SMARTS) is 1. The van der Waals surface area contributed by atoms with Crippen molar-refractivity contribution in [1.82, 2.24) is 4.90 Å². The van der Waals surface area contributed by atoms with Gasteiger partial charge in [0.25, 0.3) is 11.1 Å². The average Bonchev–Trinajstić information content (AvgIpc) is 2.82. The molecule has 25 heavy (non-hydrogen) atoms. The monoisotopic (exact) mass is 427 g/mol. The number of hydrogen-bond acceptors (Lipinski definition) is 6. The first-order valence-electron chi connectivity index (χ1n) is 6.95. The SMILES string of the molecule is C=CCN1C(=O)S/C(=C/c2cc(OC)c(OCC(=O)O)cc2Br)C1=O. The van der Waals surface area contributed by atoms with E-state index in [-0.39, 0.29) is 22.4 Å². The van der Waals surface area contributed by atoms with Gasteiger partial charge in [-0.05, 0) is 35.5 Å². The molecule has 2 amide bonds. The number of benzene rings is 1. The zero-order chi connectivity index (χ0) is 18.6. The lowest BCUT2D eigenvalue weighted by molar-refractivity contribution is -0.139. The molecule has 1 heterocycles. The summed E-state index contributed by atoms with van der Waals surface area (Å²) in [5.74, 6) is -0.958. The van der Waals surface area contributed by atoms with E-state index in [0.29, 0.717) is 15.8 Å². The van der Waals surface area contributed by atoms with Crippen molar-refractivity contribution in [3.63, 3.8) is 0 Å². The van der Waals surface area contributed by atoms with Crippen LogP contribution in [0.15, 0.2) is 34.2 Å². The van der Waals surface area contributed by atoms with Gasteiger partial charge in [-0.2, -0.15) is 0 Å². The van der Waals surface area contributed by atoms with Gasteiger partial charge in [0.2, 0.25) is 0 Å². The molecule has 0 spiro atoms. The molecule has 1 fully saturated rings. The van der Waals surface area contributed by atoms with E-state index in [0.717, 1.165) is 16.7 Å². The molecule has 132 valence electrons. The zero-order valence-corrected chi connectivity index (χ0v) is 15.6. The normalized spacial score (nSPS) is 15.6. The molecule has 0 unspecified atom stereocenters. The number of methoxy groups -OCH3 is 1. The fraction of sp³-hybridized carbons (Fsp3) is 0.188. The van der Waals surface area contributed by atoms with Gasteiger partial charge in [0.05, 0.1) is 12.0 Å². The molecule has 1 aliphatic heterocycles. The Bertz CT molecular complexity index is 776. The Kier molecular flexibility index (Phi) is 6.27. The maximum atomic E-state index is 12.3. The number of ether oxygens (including phenoxy) is 2. The molecule has 1 aliphatic rings. The summed E-state index contributed by atoms with van der Waals surface area (Å²) in [7, 11) is 1.42. The molecule has 7 nitrogen and oxygen atoms in total. The Morgan fingerprint density at radius 2 is 2.12 bits per heavy atom.